The molecule has 1 amide bonds. The van der Waals surface area contributed by atoms with Crippen molar-refractivity contribution in [1.29, 1.82) is 0 Å². The number of ether oxygens (including phenoxy) is 1. The molecule has 0 radical (unpaired) electrons. The minimum Gasteiger partial charge on any atom is -0.368 e. The van der Waals surface area contributed by atoms with E-state index >= 15 is 0 Å². The number of halogens is 1. The van der Waals surface area contributed by atoms with Crippen LogP contribution in [-0.2, 0) is 9.53 Å². The van der Waals surface area contributed by atoms with Crippen LogP contribution in [-0.4, -0.2) is 74.1 Å². The van der Waals surface area contributed by atoms with Crippen molar-refractivity contribution in [2.75, 3.05) is 46.4 Å². The summed E-state index contributed by atoms with van der Waals surface area (Å²) in [7, 11) is 1.84. The molecule has 0 spiro atoms. The second kappa shape index (κ2) is 9.91. The number of carbonyl (C=O) groups is 1. The number of hydrogen-bond donors (Lipinski definition) is 1. The topological polar surface area (TPSA) is 57.2 Å². The maximum absolute atomic E-state index is 12.5. The molecule has 28 heavy (non-hydrogen) atoms. The minimum atomic E-state index is -0.209. The molecular formula is C21H31IN4O2. The SMILES string of the molecule is CN=C(NCC1CC1c1ccccc1)N1CCN(C(=O)C2CCCO2)CC1.I. The van der Waals surface area contributed by atoms with Crippen molar-refractivity contribution < 1.29 is 9.53 Å². The van der Waals surface area contributed by atoms with Crippen LogP contribution in [0.3, 0.4) is 0 Å². The van der Waals surface area contributed by atoms with Crippen molar-refractivity contribution in [3.05, 3.63) is 35.9 Å². The number of aliphatic imine (C=N–C) groups is 1. The van der Waals surface area contributed by atoms with E-state index in [9.17, 15) is 4.79 Å². The Hall–Kier alpha value is -1.35. The van der Waals surface area contributed by atoms with Gasteiger partial charge in [0.25, 0.3) is 5.91 Å². The van der Waals surface area contributed by atoms with Crippen LogP contribution in [0.5, 0.6) is 0 Å². The third-order valence-corrected chi connectivity index (χ3v) is 5.98. The summed E-state index contributed by atoms with van der Waals surface area (Å²) in [5.41, 5.74) is 1.44. The Bertz CT molecular complexity index is 670. The molecule has 7 heteroatoms. The molecule has 3 fully saturated rings. The summed E-state index contributed by atoms with van der Waals surface area (Å²) in [6.07, 6.45) is 2.90. The molecule has 154 valence electrons. The fourth-order valence-electron chi connectivity index (χ4n) is 4.25. The number of rotatable bonds is 4. The Morgan fingerprint density at radius 1 is 1.18 bits per heavy atom. The Kier molecular flexibility index (Phi) is 7.56. The van der Waals surface area contributed by atoms with Gasteiger partial charge in [-0.2, -0.15) is 0 Å². The Morgan fingerprint density at radius 3 is 2.54 bits per heavy atom. The molecule has 1 aliphatic carbocycles. The fraction of sp³-hybridized carbons (Fsp3) is 0.619. The molecule has 1 saturated carbocycles. The number of nitrogens with one attached hydrogen (secondary N) is 1. The average Bonchev–Trinajstić information content (AvgIpc) is 3.29. The maximum atomic E-state index is 12.5. The highest BCUT2D eigenvalue weighted by Crippen LogP contribution is 2.46. The summed E-state index contributed by atoms with van der Waals surface area (Å²) < 4.78 is 5.54. The lowest BCUT2D eigenvalue weighted by atomic mass is 10.1. The predicted octanol–water partition coefficient (Wildman–Crippen LogP) is 2.31. The molecule has 3 aliphatic rings. The first-order chi connectivity index (χ1) is 13.3. The summed E-state index contributed by atoms with van der Waals surface area (Å²) in [5.74, 6) is 2.49. The van der Waals surface area contributed by atoms with E-state index in [4.69, 9.17) is 4.74 Å². The van der Waals surface area contributed by atoms with Gasteiger partial charge >= 0.3 is 0 Å². The van der Waals surface area contributed by atoms with Crippen molar-refractivity contribution in [2.24, 2.45) is 10.9 Å². The van der Waals surface area contributed by atoms with Crippen molar-refractivity contribution >= 4 is 35.8 Å². The van der Waals surface area contributed by atoms with Crippen LogP contribution in [0.2, 0.25) is 0 Å². The molecule has 2 saturated heterocycles. The first-order valence-corrected chi connectivity index (χ1v) is 10.2. The largest absolute Gasteiger partial charge is 0.368 e. The van der Waals surface area contributed by atoms with Crippen LogP contribution in [0.25, 0.3) is 0 Å². The fourth-order valence-corrected chi connectivity index (χ4v) is 4.25. The van der Waals surface area contributed by atoms with Gasteiger partial charge in [0.05, 0.1) is 0 Å². The van der Waals surface area contributed by atoms with Crippen molar-refractivity contribution in [1.82, 2.24) is 15.1 Å². The van der Waals surface area contributed by atoms with E-state index in [-0.39, 0.29) is 36.0 Å². The Labute approximate surface area is 184 Å². The van der Waals surface area contributed by atoms with Gasteiger partial charge in [-0.1, -0.05) is 30.3 Å². The summed E-state index contributed by atoms with van der Waals surface area (Å²) >= 11 is 0. The van der Waals surface area contributed by atoms with Gasteiger partial charge in [-0.25, -0.2) is 0 Å². The minimum absolute atomic E-state index is 0. The molecule has 2 heterocycles. The second-order valence-electron chi connectivity index (χ2n) is 7.76. The number of carbonyl (C=O) groups excluding carboxylic acids is 1. The van der Waals surface area contributed by atoms with Gasteiger partial charge in [-0.15, -0.1) is 24.0 Å². The molecule has 6 nitrogen and oxygen atoms in total. The van der Waals surface area contributed by atoms with E-state index in [1.54, 1.807) is 0 Å². The van der Waals surface area contributed by atoms with Gasteiger partial charge in [0.15, 0.2) is 5.96 Å². The molecule has 3 unspecified atom stereocenters. The second-order valence-corrected chi connectivity index (χ2v) is 7.76. The third kappa shape index (κ3) is 4.97. The number of hydrogen-bond acceptors (Lipinski definition) is 3. The van der Waals surface area contributed by atoms with Gasteiger partial charge < -0.3 is 19.9 Å². The van der Waals surface area contributed by atoms with Crippen molar-refractivity contribution in [3.63, 3.8) is 0 Å². The summed E-state index contributed by atoms with van der Waals surface area (Å²) in [6.45, 7) is 4.82. The number of benzene rings is 1. The van der Waals surface area contributed by atoms with E-state index in [2.05, 4.69) is 45.5 Å². The number of nitrogens with zero attached hydrogens (tertiary/aromatic N) is 3. The zero-order valence-electron chi connectivity index (χ0n) is 16.5. The maximum Gasteiger partial charge on any atom is 0.251 e. The molecule has 4 rings (SSSR count). The predicted molar refractivity (Wildman–Crippen MR) is 121 cm³/mol. The van der Waals surface area contributed by atoms with Crippen LogP contribution >= 0.6 is 24.0 Å². The zero-order valence-corrected chi connectivity index (χ0v) is 18.9. The Morgan fingerprint density at radius 2 is 1.89 bits per heavy atom. The lowest BCUT2D eigenvalue weighted by Gasteiger charge is -2.37. The smallest absolute Gasteiger partial charge is 0.251 e. The highest BCUT2D eigenvalue weighted by molar-refractivity contribution is 14.0. The summed E-state index contributed by atoms with van der Waals surface area (Å²) in [6, 6.07) is 10.8. The third-order valence-electron chi connectivity index (χ3n) is 5.98. The van der Waals surface area contributed by atoms with Crippen LogP contribution < -0.4 is 5.32 Å². The van der Waals surface area contributed by atoms with Crippen LogP contribution in [0.15, 0.2) is 35.3 Å². The molecular weight excluding hydrogens is 467 g/mol. The lowest BCUT2D eigenvalue weighted by Crippen LogP contribution is -2.55. The van der Waals surface area contributed by atoms with Gasteiger partial charge in [0.1, 0.15) is 6.10 Å². The van der Waals surface area contributed by atoms with Gasteiger partial charge in [0, 0.05) is 46.4 Å². The molecule has 1 N–H and O–H groups in total. The summed E-state index contributed by atoms with van der Waals surface area (Å²) in [5, 5.41) is 3.55. The lowest BCUT2D eigenvalue weighted by molar-refractivity contribution is -0.142. The first-order valence-electron chi connectivity index (χ1n) is 10.2. The van der Waals surface area contributed by atoms with Crippen LogP contribution in [0.1, 0.15) is 30.7 Å². The average molecular weight is 498 g/mol. The first kappa shape index (κ1) is 21.4. The van der Waals surface area contributed by atoms with E-state index in [0.29, 0.717) is 11.8 Å². The molecule has 3 atom stereocenters. The normalized spacial score (nSPS) is 27.3. The van der Waals surface area contributed by atoms with Gasteiger partial charge in [-0.05, 0) is 36.7 Å². The molecule has 0 aromatic heterocycles. The quantitative estimate of drug-likeness (QED) is 0.394. The molecule has 2 aliphatic heterocycles. The standard InChI is InChI=1S/C21H30N4O2.HI/c1-22-21(23-15-17-14-18(17)16-6-3-2-4-7-16)25-11-9-24(10-12-25)20(26)19-8-5-13-27-19;/h2-4,6-7,17-19H,5,8-15H2,1H3,(H,22,23);1H. The monoisotopic (exact) mass is 498 g/mol. The van der Waals surface area contributed by atoms with Gasteiger partial charge in [0.2, 0.25) is 0 Å². The summed E-state index contributed by atoms with van der Waals surface area (Å²) in [4.78, 5) is 21.2. The van der Waals surface area contributed by atoms with Gasteiger partial charge in [-0.3, -0.25) is 9.79 Å². The van der Waals surface area contributed by atoms with Crippen LogP contribution in [0.4, 0.5) is 0 Å². The molecule has 1 aromatic rings. The number of guanidine groups is 1. The highest BCUT2D eigenvalue weighted by Gasteiger charge is 2.38. The van der Waals surface area contributed by atoms with Crippen LogP contribution in [0, 0.1) is 5.92 Å². The van der Waals surface area contributed by atoms with E-state index in [1.165, 1.54) is 12.0 Å². The van der Waals surface area contributed by atoms with E-state index in [0.717, 1.165) is 58.1 Å². The molecule has 1 aromatic carbocycles. The Balaban J connectivity index is 0.00000225. The number of amides is 1. The van der Waals surface area contributed by atoms with E-state index < -0.39 is 0 Å². The van der Waals surface area contributed by atoms with Crippen molar-refractivity contribution in [3.8, 4) is 0 Å². The van der Waals surface area contributed by atoms with Crippen molar-refractivity contribution in [2.45, 2.75) is 31.3 Å². The molecule has 0 bridgehead atoms. The number of piperazine rings is 1. The highest BCUT2D eigenvalue weighted by atomic mass is 127. The zero-order chi connectivity index (χ0) is 18.6. The van der Waals surface area contributed by atoms with E-state index in [1.807, 2.05) is 11.9 Å².